The van der Waals surface area contributed by atoms with Crippen molar-refractivity contribution in [2.24, 2.45) is 0 Å². The zero-order valence-electron chi connectivity index (χ0n) is 17.5. The summed E-state index contributed by atoms with van der Waals surface area (Å²) >= 11 is 6.41. The van der Waals surface area contributed by atoms with E-state index in [-0.39, 0.29) is 0 Å². The minimum Gasteiger partial charge on any atom is -0.394 e. The Balaban J connectivity index is 1.51. The van der Waals surface area contributed by atoms with E-state index in [2.05, 4.69) is 21.8 Å². The predicted octanol–water partition coefficient (Wildman–Crippen LogP) is 1.64. The summed E-state index contributed by atoms with van der Waals surface area (Å²) in [5.41, 5.74) is 3.85. The molecule has 4 N–H and O–H groups in total. The molecular formula is C25H23ClN2O5. The van der Waals surface area contributed by atoms with Gasteiger partial charge in [-0.15, -0.1) is 0 Å². The van der Waals surface area contributed by atoms with Crippen molar-refractivity contribution in [3.05, 3.63) is 94.0 Å². The molecule has 2 aromatic carbocycles. The highest BCUT2D eigenvalue weighted by atomic mass is 35.5. The molecule has 4 rings (SSSR count). The monoisotopic (exact) mass is 466 g/mol. The summed E-state index contributed by atoms with van der Waals surface area (Å²) in [6.45, 7) is -0.478. The largest absolute Gasteiger partial charge is 0.394 e. The molecular weight excluding hydrogens is 444 g/mol. The molecule has 0 amide bonds. The second kappa shape index (κ2) is 10.4. The fourth-order valence-corrected chi connectivity index (χ4v) is 3.89. The first-order valence-electron chi connectivity index (χ1n) is 10.4. The summed E-state index contributed by atoms with van der Waals surface area (Å²) in [6.07, 6.45) is -0.734. The fourth-order valence-electron chi connectivity index (χ4n) is 3.71. The molecule has 8 heteroatoms. The van der Waals surface area contributed by atoms with Gasteiger partial charge in [0.05, 0.1) is 12.8 Å². The number of ether oxygens (including phenoxy) is 1. The Labute approximate surface area is 196 Å². The SMILES string of the molecule is OCC1O[C@@H](c2ccc(Cl)c(Cc3ccc(C#Cc4cnccn4)cc3)c2)[C@H](O)[C@@H](O)[C@@H]1O. The highest BCUT2D eigenvalue weighted by Crippen LogP contribution is 2.34. The average Bonchev–Trinajstić information content (AvgIpc) is 2.84. The van der Waals surface area contributed by atoms with Gasteiger partial charge in [-0.3, -0.25) is 4.98 Å². The topological polar surface area (TPSA) is 116 Å². The highest BCUT2D eigenvalue weighted by molar-refractivity contribution is 6.31. The Bertz CT molecular complexity index is 1140. The molecule has 1 aliphatic rings. The first kappa shape index (κ1) is 23.3. The number of halogens is 1. The van der Waals surface area contributed by atoms with E-state index in [1.807, 2.05) is 24.3 Å². The van der Waals surface area contributed by atoms with Crippen molar-refractivity contribution in [2.45, 2.75) is 36.9 Å². The van der Waals surface area contributed by atoms with Gasteiger partial charge in [-0.2, -0.15) is 0 Å². The van der Waals surface area contributed by atoms with Crippen LogP contribution in [0.5, 0.6) is 0 Å². The van der Waals surface area contributed by atoms with E-state index in [1.165, 1.54) is 0 Å². The van der Waals surface area contributed by atoms with E-state index in [0.29, 0.717) is 22.7 Å². The summed E-state index contributed by atoms with van der Waals surface area (Å²) in [6, 6.07) is 12.9. The number of aliphatic hydroxyl groups excluding tert-OH is 4. The zero-order valence-corrected chi connectivity index (χ0v) is 18.3. The normalized spacial score (nSPS) is 24.7. The summed E-state index contributed by atoms with van der Waals surface area (Å²) in [5, 5.41) is 40.5. The minimum atomic E-state index is -1.43. The molecule has 0 bridgehead atoms. The minimum absolute atomic E-state index is 0.478. The van der Waals surface area contributed by atoms with Crippen LogP contribution in [0.15, 0.2) is 61.1 Å². The van der Waals surface area contributed by atoms with Crippen molar-refractivity contribution >= 4 is 11.6 Å². The van der Waals surface area contributed by atoms with Crippen LogP contribution in [0.2, 0.25) is 5.02 Å². The smallest absolute Gasteiger partial charge is 0.131 e. The maximum atomic E-state index is 10.4. The number of hydrogen-bond donors (Lipinski definition) is 4. The summed E-state index contributed by atoms with van der Waals surface area (Å²) in [5.74, 6) is 6.01. The molecule has 2 heterocycles. The van der Waals surface area contributed by atoms with Gasteiger partial charge in [0.25, 0.3) is 0 Å². The van der Waals surface area contributed by atoms with Crippen LogP contribution >= 0.6 is 11.6 Å². The van der Waals surface area contributed by atoms with E-state index in [4.69, 9.17) is 16.3 Å². The first-order valence-corrected chi connectivity index (χ1v) is 10.8. The Morgan fingerprint density at radius 2 is 1.73 bits per heavy atom. The number of aromatic nitrogens is 2. The number of nitrogens with zero attached hydrogens (tertiary/aromatic N) is 2. The molecule has 1 aliphatic heterocycles. The standard InChI is InChI=1S/C25H23ClN2O5/c26-20-8-6-17(25-24(32)23(31)22(30)21(14-29)33-25)12-18(20)11-16-3-1-15(2-4-16)5-7-19-13-27-9-10-28-19/h1-4,6,8-10,12-13,21-25,29-32H,11,14H2/t21?,22-,23+,24-,25+/m1/s1. The lowest BCUT2D eigenvalue weighted by Crippen LogP contribution is -2.55. The molecule has 0 radical (unpaired) electrons. The molecule has 0 aliphatic carbocycles. The summed E-state index contributed by atoms with van der Waals surface area (Å²) in [7, 11) is 0. The van der Waals surface area contributed by atoms with Crippen molar-refractivity contribution < 1.29 is 25.2 Å². The third kappa shape index (κ3) is 5.40. The van der Waals surface area contributed by atoms with E-state index < -0.39 is 37.1 Å². The molecule has 3 aromatic rings. The van der Waals surface area contributed by atoms with Crippen molar-refractivity contribution in [1.82, 2.24) is 9.97 Å². The van der Waals surface area contributed by atoms with Crippen molar-refractivity contribution in [3.8, 4) is 11.8 Å². The Kier molecular flexibility index (Phi) is 7.36. The van der Waals surface area contributed by atoms with Crippen LogP contribution < -0.4 is 0 Å². The molecule has 0 saturated carbocycles. The molecule has 1 saturated heterocycles. The maximum absolute atomic E-state index is 10.4. The number of rotatable bonds is 4. The van der Waals surface area contributed by atoms with Gasteiger partial charge in [-0.25, -0.2) is 4.98 Å². The van der Waals surface area contributed by atoms with Gasteiger partial charge in [0.15, 0.2) is 0 Å². The van der Waals surface area contributed by atoms with E-state index >= 15 is 0 Å². The van der Waals surface area contributed by atoms with Crippen LogP contribution in [-0.4, -0.2) is 61.4 Å². The lowest BCUT2D eigenvalue weighted by molar-refractivity contribution is -0.231. The lowest BCUT2D eigenvalue weighted by Gasteiger charge is -2.40. The van der Waals surface area contributed by atoms with Gasteiger partial charge in [0.1, 0.15) is 36.2 Å². The average molecular weight is 467 g/mol. The molecule has 5 atom stereocenters. The van der Waals surface area contributed by atoms with Gasteiger partial charge in [0.2, 0.25) is 0 Å². The molecule has 170 valence electrons. The second-order valence-corrected chi connectivity index (χ2v) is 8.22. The molecule has 1 aromatic heterocycles. The molecule has 1 fully saturated rings. The predicted molar refractivity (Wildman–Crippen MR) is 121 cm³/mol. The van der Waals surface area contributed by atoms with Crippen molar-refractivity contribution in [1.29, 1.82) is 0 Å². The lowest BCUT2D eigenvalue weighted by atomic mass is 9.90. The van der Waals surface area contributed by atoms with Gasteiger partial charge in [-0.1, -0.05) is 41.8 Å². The third-order valence-electron chi connectivity index (χ3n) is 5.54. The molecule has 7 nitrogen and oxygen atoms in total. The van der Waals surface area contributed by atoms with Crippen LogP contribution in [0.3, 0.4) is 0 Å². The van der Waals surface area contributed by atoms with Crippen LogP contribution in [0, 0.1) is 11.8 Å². The van der Waals surface area contributed by atoms with Crippen molar-refractivity contribution in [3.63, 3.8) is 0 Å². The Morgan fingerprint density at radius 3 is 2.42 bits per heavy atom. The van der Waals surface area contributed by atoms with E-state index in [0.717, 1.165) is 16.7 Å². The van der Waals surface area contributed by atoms with Gasteiger partial charge in [0, 0.05) is 23.0 Å². The fraction of sp³-hybridized carbons (Fsp3) is 0.280. The van der Waals surface area contributed by atoms with Gasteiger partial charge < -0.3 is 25.2 Å². The number of aliphatic hydroxyl groups is 4. The zero-order chi connectivity index (χ0) is 23.4. The second-order valence-electron chi connectivity index (χ2n) is 7.81. The molecule has 1 unspecified atom stereocenters. The Hall–Kier alpha value is -2.83. The molecule has 0 spiro atoms. The first-order chi connectivity index (χ1) is 16.0. The summed E-state index contributed by atoms with van der Waals surface area (Å²) < 4.78 is 5.66. The highest BCUT2D eigenvalue weighted by Gasteiger charge is 2.44. The van der Waals surface area contributed by atoms with Crippen LogP contribution in [-0.2, 0) is 11.2 Å². The maximum Gasteiger partial charge on any atom is 0.131 e. The number of benzene rings is 2. The Morgan fingerprint density at radius 1 is 0.939 bits per heavy atom. The number of hydrogen-bond acceptors (Lipinski definition) is 7. The van der Waals surface area contributed by atoms with E-state index in [9.17, 15) is 20.4 Å². The van der Waals surface area contributed by atoms with Crippen molar-refractivity contribution in [2.75, 3.05) is 6.61 Å². The quantitative estimate of drug-likeness (QED) is 0.432. The van der Waals surface area contributed by atoms with Crippen LogP contribution in [0.25, 0.3) is 0 Å². The third-order valence-corrected chi connectivity index (χ3v) is 5.91. The van der Waals surface area contributed by atoms with Gasteiger partial charge in [-0.05, 0) is 47.2 Å². The molecule has 33 heavy (non-hydrogen) atoms. The van der Waals surface area contributed by atoms with E-state index in [1.54, 1.807) is 36.8 Å². The summed E-state index contributed by atoms with van der Waals surface area (Å²) in [4.78, 5) is 8.11. The van der Waals surface area contributed by atoms with Crippen LogP contribution in [0.4, 0.5) is 0 Å². The van der Waals surface area contributed by atoms with Crippen LogP contribution in [0.1, 0.15) is 34.1 Å². The van der Waals surface area contributed by atoms with Gasteiger partial charge >= 0.3 is 0 Å².